The molecule has 0 aromatic heterocycles. The van der Waals surface area contributed by atoms with E-state index in [4.69, 9.17) is 9.47 Å². The summed E-state index contributed by atoms with van der Waals surface area (Å²) in [5, 5.41) is 10.6. The second-order valence-electron chi connectivity index (χ2n) is 6.92. The lowest BCUT2D eigenvalue weighted by Crippen LogP contribution is -2.43. The van der Waals surface area contributed by atoms with Gasteiger partial charge in [0.2, 0.25) is 22.7 Å². The minimum atomic E-state index is -3.36. The van der Waals surface area contributed by atoms with E-state index in [1.54, 1.807) is 11.0 Å². The maximum absolute atomic E-state index is 12.6. The Morgan fingerprint density at radius 3 is 2.81 bits per heavy atom. The number of aliphatic hydroxyl groups is 1. The van der Waals surface area contributed by atoms with Gasteiger partial charge in [0.25, 0.3) is 0 Å². The molecule has 3 rings (SSSR count). The van der Waals surface area contributed by atoms with Crippen LogP contribution in [0.1, 0.15) is 24.8 Å². The highest BCUT2D eigenvalue weighted by atomic mass is 32.2. The first kappa shape index (κ1) is 18.9. The second-order valence-corrected chi connectivity index (χ2v) is 8.75. The third-order valence-corrected chi connectivity index (χ3v) is 5.39. The Balaban J connectivity index is 1.57. The zero-order valence-corrected chi connectivity index (χ0v) is 15.5. The van der Waals surface area contributed by atoms with Crippen molar-refractivity contribution in [3.63, 3.8) is 0 Å². The molecule has 1 aromatic rings. The van der Waals surface area contributed by atoms with Crippen LogP contribution in [-0.2, 0) is 21.2 Å². The van der Waals surface area contributed by atoms with Crippen LogP contribution in [0.5, 0.6) is 11.5 Å². The van der Waals surface area contributed by atoms with Gasteiger partial charge >= 0.3 is 0 Å². The number of nitrogens with one attached hydrogen (secondary N) is 1. The average Bonchev–Trinajstić information content (AvgIpc) is 2.94. The molecule has 0 spiro atoms. The molecule has 8 nitrogen and oxygen atoms in total. The van der Waals surface area contributed by atoms with Crippen LogP contribution in [0.2, 0.25) is 0 Å². The molecule has 2 N–H and O–H groups in total. The first-order valence-electron chi connectivity index (χ1n) is 8.57. The molecule has 2 aliphatic heterocycles. The van der Waals surface area contributed by atoms with Crippen molar-refractivity contribution in [3.8, 4) is 11.5 Å². The first-order valence-corrected chi connectivity index (χ1v) is 10.5. The molecule has 2 heterocycles. The molecule has 0 aliphatic carbocycles. The summed E-state index contributed by atoms with van der Waals surface area (Å²) in [7, 11) is -3.36. The van der Waals surface area contributed by atoms with E-state index in [9.17, 15) is 18.3 Å². The number of sulfonamides is 1. The third kappa shape index (κ3) is 4.87. The summed E-state index contributed by atoms with van der Waals surface area (Å²) in [5.41, 5.74) is -0.283. The molecule has 1 fully saturated rings. The number of fused-ring (bicyclic) bond motifs is 1. The second kappa shape index (κ2) is 7.42. The summed E-state index contributed by atoms with van der Waals surface area (Å²) in [4.78, 5) is 14.3. The summed E-state index contributed by atoms with van der Waals surface area (Å²) in [6.45, 7) is 1.10. The highest BCUT2D eigenvalue weighted by Gasteiger charge is 2.32. The molecule has 1 atom stereocenters. The van der Waals surface area contributed by atoms with Gasteiger partial charge in [-0.25, -0.2) is 13.1 Å². The van der Waals surface area contributed by atoms with Crippen LogP contribution in [0.25, 0.3) is 0 Å². The summed E-state index contributed by atoms with van der Waals surface area (Å²) < 4.78 is 35.5. The molecule has 0 radical (unpaired) electrons. The average molecular weight is 384 g/mol. The maximum Gasteiger partial charge on any atom is 0.231 e. The Kier molecular flexibility index (Phi) is 5.40. The van der Waals surface area contributed by atoms with Gasteiger partial charge in [-0.05, 0) is 37.0 Å². The summed E-state index contributed by atoms with van der Waals surface area (Å²) in [6.07, 6.45) is 2.71. The number of benzene rings is 1. The van der Waals surface area contributed by atoms with Gasteiger partial charge in [0, 0.05) is 19.6 Å². The molecule has 1 amide bonds. The fourth-order valence-corrected chi connectivity index (χ4v) is 3.74. The number of likely N-dealkylation sites (tertiary alicyclic amines) is 1. The molecule has 0 saturated carbocycles. The zero-order valence-electron chi connectivity index (χ0n) is 14.7. The molecule has 2 aliphatic rings. The van der Waals surface area contributed by atoms with Crippen molar-refractivity contribution in [1.29, 1.82) is 0 Å². The molecule has 26 heavy (non-hydrogen) atoms. The normalized spacial score (nSPS) is 22.9. The topological polar surface area (TPSA) is 105 Å². The molecular weight excluding hydrogens is 360 g/mol. The van der Waals surface area contributed by atoms with Crippen molar-refractivity contribution >= 4 is 15.9 Å². The first-order chi connectivity index (χ1) is 12.2. The lowest BCUT2D eigenvalue weighted by Gasteiger charge is -2.27. The van der Waals surface area contributed by atoms with Crippen LogP contribution < -0.4 is 14.2 Å². The number of hydrogen-bond acceptors (Lipinski definition) is 6. The standard InChI is InChI=1S/C17H24N2O6S/c1-26(22,23)18-11-17(21)5-2-7-19(8-6-17)16(20)10-13-3-4-14-15(9-13)25-12-24-14/h3-4,9,18,21H,2,5-8,10-12H2,1H3/t17-/m0/s1. The van der Waals surface area contributed by atoms with E-state index in [1.165, 1.54) is 0 Å². The van der Waals surface area contributed by atoms with E-state index in [2.05, 4.69) is 4.72 Å². The maximum atomic E-state index is 12.6. The van der Waals surface area contributed by atoms with Crippen LogP contribution in [-0.4, -0.2) is 62.6 Å². The highest BCUT2D eigenvalue weighted by molar-refractivity contribution is 7.88. The molecule has 0 unspecified atom stereocenters. The number of nitrogens with zero attached hydrogens (tertiary/aromatic N) is 1. The Labute approximate surface area is 153 Å². The number of amides is 1. The van der Waals surface area contributed by atoms with E-state index in [1.807, 2.05) is 12.1 Å². The van der Waals surface area contributed by atoms with Gasteiger partial charge < -0.3 is 19.5 Å². The van der Waals surface area contributed by atoms with Crippen molar-refractivity contribution in [2.24, 2.45) is 0 Å². The van der Waals surface area contributed by atoms with Crippen LogP contribution in [0.4, 0.5) is 0 Å². The lowest BCUT2D eigenvalue weighted by molar-refractivity contribution is -0.130. The fourth-order valence-electron chi connectivity index (χ4n) is 3.21. The Hall–Kier alpha value is -1.84. The van der Waals surface area contributed by atoms with Gasteiger partial charge in [-0.2, -0.15) is 0 Å². The number of hydrogen-bond donors (Lipinski definition) is 2. The van der Waals surface area contributed by atoms with Crippen LogP contribution >= 0.6 is 0 Å². The quantitative estimate of drug-likeness (QED) is 0.754. The van der Waals surface area contributed by atoms with Gasteiger partial charge in [-0.3, -0.25) is 4.79 Å². The van der Waals surface area contributed by atoms with Crippen molar-refractivity contribution in [2.75, 3.05) is 32.7 Å². The molecule has 9 heteroatoms. The fraction of sp³-hybridized carbons (Fsp3) is 0.588. The van der Waals surface area contributed by atoms with Crippen LogP contribution in [0.3, 0.4) is 0 Å². The summed E-state index contributed by atoms with van der Waals surface area (Å²) in [6, 6.07) is 5.45. The van der Waals surface area contributed by atoms with Gasteiger partial charge in [-0.15, -0.1) is 0 Å². The Bertz CT molecular complexity index is 781. The van der Waals surface area contributed by atoms with Crippen LogP contribution in [0.15, 0.2) is 18.2 Å². The molecule has 1 saturated heterocycles. The smallest absolute Gasteiger partial charge is 0.231 e. The zero-order chi connectivity index (χ0) is 18.8. The molecule has 1 aromatic carbocycles. The SMILES string of the molecule is CS(=O)(=O)NC[C@]1(O)CCCN(C(=O)Cc2ccc3c(c2)OCO3)CC1. The molecular formula is C17H24N2O6S. The van der Waals surface area contributed by atoms with E-state index in [0.29, 0.717) is 43.9 Å². The van der Waals surface area contributed by atoms with E-state index in [-0.39, 0.29) is 25.7 Å². The number of carbonyl (C=O) groups is 1. The minimum absolute atomic E-state index is 0.0239. The Morgan fingerprint density at radius 2 is 2.04 bits per heavy atom. The predicted molar refractivity (Wildman–Crippen MR) is 94.5 cm³/mol. The monoisotopic (exact) mass is 384 g/mol. The number of ether oxygens (including phenoxy) is 2. The van der Waals surface area contributed by atoms with Gasteiger partial charge in [0.15, 0.2) is 11.5 Å². The van der Waals surface area contributed by atoms with Crippen LogP contribution in [0, 0.1) is 0 Å². The van der Waals surface area contributed by atoms with E-state index >= 15 is 0 Å². The summed E-state index contributed by atoms with van der Waals surface area (Å²) >= 11 is 0. The van der Waals surface area contributed by atoms with E-state index < -0.39 is 15.6 Å². The van der Waals surface area contributed by atoms with E-state index in [0.717, 1.165) is 11.8 Å². The highest BCUT2D eigenvalue weighted by Crippen LogP contribution is 2.32. The van der Waals surface area contributed by atoms with Crippen molar-refractivity contribution < 1.29 is 27.8 Å². The van der Waals surface area contributed by atoms with Gasteiger partial charge in [0.05, 0.1) is 18.3 Å². The van der Waals surface area contributed by atoms with Gasteiger partial charge in [0.1, 0.15) is 0 Å². The number of rotatable bonds is 5. The number of carbonyl (C=O) groups excluding carboxylic acids is 1. The Morgan fingerprint density at radius 1 is 1.27 bits per heavy atom. The predicted octanol–water partition coefficient (Wildman–Crippen LogP) is 0.251. The van der Waals surface area contributed by atoms with Crippen molar-refractivity contribution in [2.45, 2.75) is 31.3 Å². The minimum Gasteiger partial charge on any atom is -0.454 e. The van der Waals surface area contributed by atoms with Crippen molar-refractivity contribution in [3.05, 3.63) is 23.8 Å². The third-order valence-electron chi connectivity index (χ3n) is 4.73. The molecule has 0 bridgehead atoms. The van der Waals surface area contributed by atoms with Gasteiger partial charge in [-0.1, -0.05) is 6.07 Å². The lowest BCUT2D eigenvalue weighted by atomic mass is 9.95. The largest absolute Gasteiger partial charge is 0.454 e. The molecule has 144 valence electrons. The van der Waals surface area contributed by atoms with Crippen molar-refractivity contribution in [1.82, 2.24) is 9.62 Å². The summed E-state index contributed by atoms with van der Waals surface area (Å²) in [5.74, 6) is 1.30.